The van der Waals surface area contributed by atoms with E-state index < -0.39 is 23.3 Å². The normalized spacial score (nSPS) is 13.5. The molecule has 1 aromatic carbocycles. The average molecular weight is 255 g/mol. The first-order chi connectivity index (χ1) is 8.41. The number of aliphatic carboxylic acids is 1. The van der Waals surface area contributed by atoms with Crippen LogP contribution >= 0.6 is 0 Å². The Kier molecular flexibility index (Phi) is 4.60. The van der Waals surface area contributed by atoms with E-state index in [9.17, 15) is 14.8 Å². The van der Waals surface area contributed by atoms with Crippen molar-refractivity contribution in [3.8, 4) is 0 Å². The largest absolute Gasteiger partial charge is 0.595 e. The van der Waals surface area contributed by atoms with E-state index in [4.69, 9.17) is 10.3 Å². The van der Waals surface area contributed by atoms with Crippen LogP contribution in [0.3, 0.4) is 0 Å². The molecule has 0 heterocycles. The number of nitrogens with one attached hydrogen (secondary N) is 3. The fourth-order valence-corrected chi connectivity index (χ4v) is 1.20. The van der Waals surface area contributed by atoms with Crippen LogP contribution in [0, 0.1) is 5.21 Å². The number of carbonyl (C=O) groups is 2. The Labute approximate surface area is 102 Å². The van der Waals surface area contributed by atoms with Crippen molar-refractivity contribution in [2.75, 3.05) is 5.32 Å². The molecule has 1 rings (SSSR count). The van der Waals surface area contributed by atoms with Crippen LogP contribution in [-0.4, -0.2) is 28.4 Å². The summed E-state index contributed by atoms with van der Waals surface area (Å²) >= 11 is 0. The van der Waals surface area contributed by atoms with Crippen LogP contribution in [0.4, 0.5) is 16.2 Å². The topological polar surface area (TPSA) is 126 Å². The van der Waals surface area contributed by atoms with Crippen molar-refractivity contribution < 1.29 is 25.1 Å². The number of carboxylic acid groups (broad SMARTS) is 1. The number of benzene rings is 1. The second-order valence-corrected chi connectivity index (χ2v) is 3.51. The predicted octanol–water partition coefficient (Wildman–Crippen LogP) is -0.315. The number of quaternary nitrogens is 1. The zero-order valence-electron chi connectivity index (χ0n) is 9.51. The van der Waals surface area contributed by atoms with E-state index in [2.05, 4.69) is 10.6 Å². The molecule has 1 unspecified atom stereocenters. The van der Waals surface area contributed by atoms with E-state index in [1.54, 1.807) is 6.07 Å². The van der Waals surface area contributed by atoms with Gasteiger partial charge in [-0.2, -0.15) is 5.23 Å². The highest BCUT2D eigenvalue weighted by atomic mass is 16.8. The van der Waals surface area contributed by atoms with E-state index in [1.165, 1.54) is 25.1 Å². The number of para-hydroxylation sites is 2. The van der Waals surface area contributed by atoms with Gasteiger partial charge in [-0.15, -0.1) is 0 Å². The van der Waals surface area contributed by atoms with Crippen molar-refractivity contribution in [2.24, 2.45) is 0 Å². The maximum absolute atomic E-state index is 11.4. The van der Waals surface area contributed by atoms with E-state index >= 15 is 0 Å². The minimum atomic E-state index is -1.18. The molecule has 1 aromatic rings. The highest BCUT2D eigenvalue weighted by Crippen LogP contribution is 2.16. The second-order valence-electron chi connectivity index (χ2n) is 3.51. The fourth-order valence-electron chi connectivity index (χ4n) is 1.20. The number of hydrogen-bond acceptors (Lipinski definition) is 4. The summed E-state index contributed by atoms with van der Waals surface area (Å²) in [6.45, 7) is 1.30. The Hall–Kier alpha value is -2.16. The Bertz CT molecular complexity index is 449. The summed E-state index contributed by atoms with van der Waals surface area (Å²) < 4.78 is 0. The number of rotatable bonds is 4. The Balaban J connectivity index is 2.73. The molecule has 0 saturated heterocycles. The highest BCUT2D eigenvalue weighted by molar-refractivity contribution is 5.93. The highest BCUT2D eigenvalue weighted by Gasteiger charge is 2.16. The van der Waals surface area contributed by atoms with Crippen molar-refractivity contribution >= 4 is 23.4 Å². The molecule has 0 aliphatic carbocycles. The van der Waals surface area contributed by atoms with Crippen molar-refractivity contribution in [2.45, 2.75) is 13.0 Å². The molecule has 8 heteroatoms. The third kappa shape index (κ3) is 3.70. The maximum Gasteiger partial charge on any atom is 0.325 e. The molecule has 0 spiro atoms. The SMILES string of the molecule is C[C@H](NC(=O)Nc1ccccc1[NH+]([O-])O)C(=O)O. The molecule has 0 saturated carbocycles. The lowest BCUT2D eigenvalue weighted by molar-refractivity contribution is -0.990. The summed E-state index contributed by atoms with van der Waals surface area (Å²) in [7, 11) is 0. The quantitative estimate of drug-likeness (QED) is 0.471. The van der Waals surface area contributed by atoms with Crippen LogP contribution in [-0.2, 0) is 4.79 Å². The van der Waals surface area contributed by atoms with Crippen LogP contribution in [0.5, 0.6) is 0 Å². The number of amides is 2. The lowest BCUT2D eigenvalue weighted by Crippen LogP contribution is -2.99. The van der Waals surface area contributed by atoms with Crippen LogP contribution in [0.1, 0.15) is 6.92 Å². The van der Waals surface area contributed by atoms with Gasteiger partial charge in [-0.25, -0.2) is 10.0 Å². The molecule has 0 bridgehead atoms. The van der Waals surface area contributed by atoms with Crippen molar-refractivity contribution in [1.29, 1.82) is 0 Å². The van der Waals surface area contributed by atoms with Gasteiger partial charge in [-0.3, -0.25) is 4.79 Å². The van der Waals surface area contributed by atoms with Gasteiger partial charge in [0.05, 0.1) is 0 Å². The summed E-state index contributed by atoms with van der Waals surface area (Å²) in [5, 5.41) is 31.6. The number of anilines is 1. The Morgan fingerprint density at radius 3 is 2.56 bits per heavy atom. The maximum atomic E-state index is 11.4. The van der Waals surface area contributed by atoms with Gasteiger partial charge >= 0.3 is 12.0 Å². The van der Waals surface area contributed by atoms with Crippen LogP contribution in [0.2, 0.25) is 0 Å². The molecular weight excluding hydrogens is 242 g/mol. The molecule has 0 aliphatic heterocycles. The molecule has 0 fully saturated rings. The number of urea groups is 1. The van der Waals surface area contributed by atoms with Crippen molar-refractivity contribution in [1.82, 2.24) is 5.32 Å². The predicted molar refractivity (Wildman–Crippen MR) is 61.5 cm³/mol. The molecule has 18 heavy (non-hydrogen) atoms. The molecule has 0 aromatic heterocycles. The van der Waals surface area contributed by atoms with Crippen LogP contribution in [0.15, 0.2) is 24.3 Å². The summed E-state index contributed by atoms with van der Waals surface area (Å²) in [6.07, 6.45) is 0. The van der Waals surface area contributed by atoms with E-state index in [-0.39, 0.29) is 11.4 Å². The first kappa shape index (κ1) is 13.9. The zero-order valence-corrected chi connectivity index (χ0v) is 9.51. The molecule has 2 amide bonds. The Morgan fingerprint density at radius 2 is 2.00 bits per heavy atom. The molecule has 0 aliphatic rings. The third-order valence-corrected chi connectivity index (χ3v) is 2.12. The minimum Gasteiger partial charge on any atom is -0.595 e. The van der Waals surface area contributed by atoms with Gasteiger partial charge in [0.25, 0.3) is 0 Å². The van der Waals surface area contributed by atoms with E-state index in [1.807, 2.05) is 0 Å². The number of carbonyl (C=O) groups excluding carboxylic acids is 1. The van der Waals surface area contributed by atoms with Crippen LogP contribution < -0.4 is 15.9 Å². The lowest BCUT2D eigenvalue weighted by atomic mass is 10.2. The second kappa shape index (κ2) is 5.96. The third-order valence-electron chi connectivity index (χ3n) is 2.12. The van der Waals surface area contributed by atoms with Gasteiger partial charge in [-0.05, 0) is 13.0 Å². The first-order valence-electron chi connectivity index (χ1n) is 5.04. The molecule has 0 radical (unpaired) electrons. The van der Waals surface area contributed by atoms with Gasteiger partial charge in [0.2, 0.25) is 0 Å². The first-order valence-corrected chi connectivity index (χ1v) is 5.04. The lowest BCUT2D eigenvalue weighted by Gasteiger charge is -2.16. The standard InChI is InChI=1S/C10H13N3O5/c1-6(9(14)15)11-10(16)12-7-4-2-3-5-8(7)13(17)18/h2-6,13,17H,1H3,(H,14,15)(H2,11,12,16)/t6-/m0/s1. The average Bonchev–Trinajstić information content (AvgIpc) is 2.28. The Morgan fingerprint density at radius 1 is 1.39 bits per heavy atom. The molecule has 8 nitrogen and oxygen atoms in total. The van der Waals surface area contributed by atoms with Gasteiger partial charge in [-0.1, -0.05) is 12.1 Å². The summed E-state index contributed by atoms with van der Waals surface area (Å²) in [5.74, 6) is -1.18. The fraction of sp³-hybridized carbons (Fsp3) is 0.200. The summed E-state index contributed by atoms with van der Waals surface area (Å²) in [5.41, 5.74) is 0.0238. The monoisotopic (exact) mass is 255 g/mol. The van der Waals surface area contributed by atoms with E-state index in [0.29, 0.717) is 0 Å². The molecule has 2 atom stereocenters. The smallest absolute Gasteiger partial charge is 0.325 e. The van der Waals surface area contributed by atoms with Gasteiger partial charge < -0.3 is 20.9 Å². The van der Waals surface area contributed by atoms with Gasteiger partial charge in [0.1, 0.15) is 11.7 Å². The number of hydrogen-bond donors (Lipinski definition) is 5. The summed E-state index contributed by atoms with van der Waals surface area (Å²) in [6, 6.07) is 3.97. The van der Waals surface area contributed by atoms with Gasteiger partial charge in [0.15, 0.2) is 5.69 Å². The summed E-state index contributed by atoms with van der Waals surface area (Å²) in [4.78, 5) is 21.9. The van der Waals surface area contributed by atoms with Crippen LogP contribution in [0.25, 0.3) is 0 Å². The van der Waals surface area contributed by atoms with Gasteiger partial charge in [0, 0.05) is 6.07 Å². The number of carboxylic acids is 1. The molecular formula is C10H13N3O5. The van der Waals surface area contributed by atoms with E-state index in [0.717, 1.165) is 0 Å². The zero-order chi connectivity index (χ0) is 13.7. The molecule has 98 valence electrons. The van der Waals surface area contributed by atoms with Crippen molar-refractivity contribution in [3.63, 3.8) is 0 Å². The van der Waals surface area contributed by atoms with Crippen molar-refractivity contribution in [3.05, 3.63) is 29.5 Å². The molecule has 5 N–H and O–H groups in total. The minimum absolute atomic E-state index is 0.0735.